The van der Waals surface area contributed by atoms with E-state index < -0.39 is 0 Å². The predicted octanol–water partition coefficient (Wildman–Crippen LogP) is 2.60. The smallest absolute Gasteiger partial charge is 0.0313 e. The summed E-state index contributed by atoms with van der Waals surface area (Å²) in [6.45, 7) is 12.3. The van der Waals surface area contributed by atoms with Crippen LogP contribution in [0.1, 0.15) is 38.3 Å². The molecule has 2 rings (SSSR count). The lowest BCUT2D eigenvalue weighted by atomic mass is 9.98. The van der Waals surface area contributed by atoms with Crippen LogP contribution in [0.25, 0.3) is 0 Å². The van der Waals surface area contributed by atoms with Gasteiger partial charge >= 0.3 is 0 Å². The number of aromatic nitrogens is 1. The number of rotatable bonds is 4. The molecule has 0 saturated carbocycles. The first-order valence-electron chi connectivity index (χ1n) is 7.48. The number of nitrogens with one attached hydrogen (secondary N) is 1. The van der Waals surface area contributed by atoms with Crippen molar-refractivity contribution in [3.8, 4) is 0 Å². The first kappa shape index (κ1) is 14.5. The van der Waals surface area contributed by atoms with Gasteiger partial charge in [-0.3, -0.25) is 9.88 Å². The molecule has 1 aliphatic heterocycles. The maximum Gasteiger partial charge on any atom is 0.0313 e. The van der Waals surface area contributed by atoms with Gasteiger partial charge in [-0.2, -0.15) is 0 Å². The second kappa shape index (κ2) is 6.49. The van der Waals surface area contributed by atoms with Crippen LogP contribution in [0.4, 0.5) is 0 Å². The molecule has 0 radical (unpaired) electrons. The van der Waals surface area contributed by atoms with Crippen LogP contribution in [0.2, 0.25) is 0 Å². The standard InChI is InChI=1S/C16H27N3/c1-5-15-9-18-16(12(2)3)11-19(15)10-14-6-13(4)7-17-8-14/h6-8,12,15-16,18H,5,9-11H2,1-4H3. The third-order valence-electron chi connectivity index (χ3n) is 4.16. The Morgan fingerprint density at radius 2 is 2.21 bits per heavy atom. The summed E-state index contributed by atoms with van der Waals surface area (Å²) in [5.74, 6) is 0.691. The maximum atomic E-state index is 4.31. The van der Waals surface area contributed by atoms with Gasteiger partial charge in [0, 0.05) is 44.1 Å². The van der Waals surface area contributed by atoms with Gasteiger partial charge in [0.1, 0.15) is 0 Å². The van der Waals surface area contributed by atoms with E-state index >= 15 is 0 Å². The molecule has 1 fully saturated rings. The second-order valence-corrected chi connectivity index (χ2v) is 6.12. The highest BCUT2D eigenvalue weighted by Crippen LogP contribution is 2.18. The van der Waals surface area contributed by atoms with Crippen molar-refractivity contribution in [1.82, 2.24) is 15.2 Å². The minimum Gasteiger partial charge on any atom is -0.311 e. The lowest BCUT2D eigenvalue weighted by molar-refractivity contribution is 0.103. The van der Waals surface area contributed by atoms with Crippen molar-refractivity contribution >= 4 is 0 Å². The monoisotopic (exact) mass is 261 g/mol. The molecule has 2 atom stereocenters. The molecule has 0 aromatic carbocycles. The van der Waals surface area contributed by atoms with Gasteiger partial charge in [-0.25, -0.2) is 0 Å². The Morgan fingerprint density at radius 1 is 1.42 bits per heavy atom. The minimum atomic E-state index is 0.612. The Labute approximate surface area is 117 Å². The van der Waals surface area contributed by atoms with Gasteiger partial charge in [0.15, 0.2) is 0 Å². The Balaban J connectivity index is 2.06. The molecule has 2 heterocycles. The zero-order valence-electron chi connectivity index (χ0n) is 12.7. The first-order valence-corrected chi connectivity index (χ1v) is 7.48. The lowest BCUT2D eigenvalue weighted by Crippen LogP contribution is -2.57. The van der Waals surface area contributed by atoms with E-state index in [2.05, 4.69) is 49.0 Å². The molecule has 3 heteroatoms. The van der Waals surface area contributed by atoms with E-state index in [0.717, 1.165) is 19.6 Å². The summed E-state index contributed by atoms with van der Waals surface area (Å²) < 4.78 is 0. The molecule has 0 spiro atoms. The van der Waals surface area contributed by atoms with Crippen LogP contribution in [0, 0.1) is 12.8 Å². The van der Waals surface area contributed by atoms with Crippen LogP contribution < -0.4 is 5.32 Å². The van der Waals surface area contributed by atoms with Gasteiger partial charge in [-0.05, 0) is 30.4 Å². The summed E-state index contributed by atoms with van der Waals surface area (Å²) in [5.41, 5.74) is 2.59. The Morgan fingerprint density at radius 3 is 2.84 bits per heavy atom. The van der Waals surface area contributed by atoms with Gasteiger partial charge in [0.05, 0.1) is 0 Å². The largest absolute Gasteiger partial charge is 0.311 e. The SMILES string of the molecule is CCC1CNC(C(C)C)CN1Cc1cncc(C)c1. The average Bonchev–Trinajstić information content (AvgIpc) is 2.38. The fourth-order valence-corrected chi connectivity index (χ4v) is 2.86. The Bertz CT molecular complexity index is 403. The minimum absolute atomic E-state index is 0.612. The van der Waals surface area contributed by atoms with Crippen molar-refractivity contribution < 1.29 is 0 Å². The van der Waals surface area contributed by atoms with Crippen molar-refractivity contribution in [3.63, 3.8) is 0 Å². The summed E-state index contributed by atoms with van der Waals surface area (Å²) in [6.07, 6.45) is 5.14. The fraction of sp³-hybridized carbons (Fsp3) is 0.688. The van der Waals surface area contributed by atoms with Gasteiger partial charge in [-0.15, -0.1) is 0 Å². The van der Waals surface area contributed by atoms with E-state index in [-0.39, 0.29) is 0 Å². The molecule has 1 aliphatic rings. The van der Waals surface area contributed by atoms with Crippen LogP contribution in [0.5, 0.6) is 0 Å². The molecule has 0 bridgehead atoms. The molecule has 2 unspecified atom stereocenters. The Hall–Kier alpha value is -0.930. The van der Waals surface area contributed by atoms with Crippen LogP contribution in [-0.4, -0.2) is 35.1 Å². The van der Waals surface area contributed by atoms with E-state index in [1.807, 2.05) is 12.4 Å². The van der Waals surface area contributed by atoms with Crippen LogP contribution in [0.15, 0.2) is 18.5 Å². The number of nitrogens with zero attached hydrogens (tertiary/aromatic N) is 2. The number of piperazine rings is 1. The van der Waals surface area contributed by atoms with Crippen molar-refractivity contribution in [3.05, 3.63) is 29.6 Å². The lowest BCUT2D eigenvalue weighted by Gasteiger charge is -2.41. The molecule has 0 amide bonds. The third-order valence-corrected chi connectivity index (χ3v) is 4.16. The van der Waals surface area contributed by atoms with Gasteiger partial charge < -0.3 is 5.32 Å². The first-order chi connectivity index (χ1) is 9.10. The van der Waals surface area contributed by atoms with Crippen LogP contribution in [0.3, 0.4) is 0 Å². The average molecular weight is 261 g/mol. The Kier molecular flexibility index (Phi) is 4.94. The highest BCUT2D eigenvalue weighted by molar-refractivity contribution is 5.16. The summed E-state index contributed by atoms with van der Waals surface area (Å²) in [7, 11) is 0. The van der Waals surface area contributed by atoms with Crippen molar-refractivity contribution in [2.45, 2.75) is 52.7 Å². The highest BCUT2D eigenvalue weighted by atomic mass is 15.2. The molecule has 19 heavy (non-hydrogen) atoms. The van der Waals surface area contributed by atoms with Crippen molar-refractivity contribution in [2.24, 2.45) is 5.92 Å². The predicted molar refractivity (Wildman–Crippen MR) is 80.1 cm³/mol. The van der Waals surface area contributed by atoms with Gasteiger partial charge in [-0.1, -0.05) is 26.8 Å². The number of aryl methyl sites for hydroxylation is 1. The van der Waals surface area contributed by atoms with E-state index in [1.54, 1.807) is 0 Å². The van der Waals surface area contributed by atoms with Gasteiger partial charge in [0.2, 0.25) is 0 Å². The topological polar surface area (TPSA) is 28.2 Å². The number of hydrogen-bond donors (Lipinski definition) is 1. The molecule has 1 saturated heterocycles. The van der Waals surface area contributed by atoms with E-state index in [4.69, 9.17) is 0 Å². The van der Waals surface area contributed by atoms with E-state index in [0.29, 0.717) is 18.0 Å². The summed E-state index contributed by atoms with van der Waals surface area (Å²) >= 11 is 0. The molecule has 3 nitrogen and oxygen atoms in total. The quantitative estimate of drug-likeness (QED) is 0.903. The number of pyridine rings is 1. The molecule has 1 aromatic heterocycles. The normalized spacial score (nSPS) is 24.9. The molecular weight excluding hydrogens is 234 g/mol. The summed E-state index contributed by atoms with van der Waals surface area (Å²) in [4.78, 5) is 6.94. The van der Waals surface area contributed by atoms with Crippen LogP contribution >= 0.6 is 0 Å². The molecular formula is C16H27N3. The highest BCUT2D eigenvalue weighted by Gasteiger charge is 2.28. The van der Waals surface area contributed by atoms with Crippen LogP contribution in [-0.2, 0) is 6.54 Å². The maximum absolute atomic E-state index is 4.31. The zero-order valence-corrected chi connectivity index (χ0v) is 12.7. The zero-order chi connectivity index (χ0) is 13.8. The molecule has 1 aromatic rings. The number of hydrogen-bond acceptors (Lipinski definition) is 3. The summed E-state index contributed by atoms with van der Waals surface area (Å²) in [6, 6.07) is 3.52. The molecule has 106 valence electrons. The van der Waals surface area contributed by atoms with Gasteiger partial charge in [0.25, 0.3) is 0 Å². The molecule has 1 N–H and O–H groups in total. The third kappa shape index (κ3) is 3.77. The molecule has 0 aliphatic carbocycles. The summed E-state index contributed by atoms with van der Waals surface area (Å²) in [5, 5.41) is 3.69. The van der Waals surface area contributed by atoms with E-state index in [1.165, 1.54) is 17.5 Å². The van der Waals surface area contributed by atoms with E-state index in [9.17, 15) is 0 Å². The van der Waals surface area contributed by atoms with Crippen molar-refractivity contribution in [1.29, 1.82) is 0 Å². The second-order valence-electron chi connectivity index (χ2n) is 6.12. The fourth-order valence-electron chi connectivity index (χ4n) is 2.86. The van der Waals surface area contributed by atoms with Crippen molar-refractivity contribution in [2.75, 3.05) is 13.1 Å².